The van der Waals surface area contributed by atoms with Crippen molar-refractivity contribution in [3.8, 4) is 0 Å². The normalized spacial score (nSPS) is 14.7. The quantitative estimate of drug-likeness (QED) is 0.296. The second-order valence-corrected chi connectivity index (χ2v) is 2.01. The van der Waals surface area contributed by atoms with Crippen LogP contribution in [0.4, 0.5) is 0 Å². The first-order chi connectivity index (χ1) is 3.31. The van der Waals surface area contributed by atoms with Crippen LogP contribution < -0.4 is 27.0 Å². The van der Waals surface area contributed by atoms with Crippen molar-refractivity contribution in [3.63, 3.8) is 0 Å². The number of hydrogen-bond acceptors (Lipinski definition) is 3. The molecule has 0 aliphatic heterocycles. The Morgan fingerprint density at radius 2 is 2.29 bits per heavy atom. The Morgan fingerprint density at radius 1 is 1.71 bits per heavy atom. The van der Waals surface area contributed by atoms with Crippen LogP contribution >= 0.6 is 0 Å². The summed E-state index contributed by atoms with van der Waals surface area (Å²) >= 11 is -0.414. The van der Waals surface area contributed by atoms with Crippen LogP contribution in [0.5, 0.6) is 0 Å². The van der Waals surface area contributed by atoms with Gasteiger partial charge in [0.05, 0.1) is 0 Å². The fraction of sp³-hybridized carbons (Fsp3) is 1.00. The van der Waals surface area contributed by atoms with E-state index in [1.807, 2.05) is 4.93 Å². The molecule has 0 rings (SSSR count). The third-order valence-corrected chi connectivity index (χ3v) is 1.11. The Labute approximate surface area is 52.7 Å². The molecule has 0 spiro atoms. The first-order valence-corrected chi connectivity index (χ1v) is 4.59. The van der Waals surface area contributed by atoms with Gasteiger partial charge in [0, 0.05) is 0 Å². The molecule has 0 aromatic carbocycles. The summed E-state index contributed by atoms with van der Waals surface area (Å²) in [6.07, 6.45) is 0. The molecule has 0 saturated heterocycles. The molecule has 1 N–H and O–H groups in total. The van der Waals surface area contributed by atoms with Crippen LogP contribution in [0, 0.1) is 5.21 Å². The molecule has 1 unspecified atom stereocenters. The second-order valence-electron chi connectivity index (χ2n) is 0.686. The van der Waals surface area contributed by atoms with Gasteiger partial charge in [0.2, 0.25) is 0 Å². The number of nitrogens with one attached hydrogen (secondary N) is 1. The summed E-state index contributed by atoms with van der Waals surface area (Å²) in [5, 5.41) is 9.42. The van der Waals surface area contributed by atoms with E-state index in [2.05, 4.69) is 8.00 Å². The zero-order chi connectivity index (χ0) is 5.70. The van der Waals surface area contributed by atoms with E-state index in [1.165, 1.54) is 7.11 Å². The summed E-state index contributed by atoms with van der Waals surface area (Å²) < 4.78 is 4.44. The molecular formula is C2H7INO3-. The Balaban J connectivity index is 2.83. The van der Waals surface area contributed by atoms with Gasteiger partial charge in [-0.3, -0.25) is 0 Å². The van der Waals surface area contributed by atoms with Crippen molar-refractivity contribution in [2.45, 2.75) is 0 Å². The van der Waals surface area contributed by atoms with Crippen LogP contribution in [0.15, 0.2) is 0 Å². The molecule has 1 atom stereocenters. The van der Waals surface area contributed by atoms with Gasteiger partial charge >= 0.3 is 52.3 Å². The number of rotatable bonds is 3. The molecule has 4 nitrogen and oxygen atoms in total. The summed E-state index contributed by atoms with van der Waals surface area (Å²) in [4.78, 5) is 5.99. The van der Waals surface area contributed by atoms with Gasteiger partial charge in [0.25, 0.3) is 0 Å². The first-order valence-electron chi connectivity index (χ1n) is 1.55. The van der Waals surface area contributed by atoms with Gasteiger partial charge in [-0.05, 0) is 0 Å². The molecule has 0 heterocycles. The Morgan fingerprint density at radius 3 is 2.43 bits per heavy atom. The average molecular weight is 220 g/mol. The van der Waals surface area contributed by atoms with E-state index in [1.54, 1.807) is 0 Å². The molecule has 5 heteroatoms. The molecule has 0 fully saturated rings. The Hall–Kier alpha value is 0.570. The molecule has 0 amide bonds. The molecular weight excluding hydrogens is 213 g/mol. The van der Waals surface area contributed by atoms with Crippen LogP contribution in [-0.4, -0.2) is 12.0 Å². The molecule has 0 aromatic heterocycles. The van der Waals surface area contributed by atoms with E-state index in [0.717, 1.165) is 0 Å². The zero-order valence-electron chi connectivity index (χ0n) is 4.10. The van der Waals surface area contributed by atoms with E-state index in [0.29, 0.717) is 0 Å². The second kappa shape index (κ2) is 4.72. The van der Waals surface area contributed by atoms with E-state index >= 15 is 0 Å². The van der Waals surface area contributed by atoms with E-state index < -0.39 is 27.0 Å². The first kappa shape index (κ1) is 7.57. The number of quaternary nitrogens is 1. The molecule has 46 valence electrons. The molecule has 0 aliphatic carbocycles. The summed E-state index contributed by atoms with van der Waals surface area (Å²) in [5.74, 6) is 0. The summed E-state index contributed by atoms with van der Waals surface area (Å²) in [6.45, 7) is 0. The SMILES string of the molecule is CO[NH+]([O-])O[I-]C. The maximum atomic E-state index is 9.99. The van der Waals surface area contributed by atoms with Crippen LogP contribution in [0.1, 0.15) is 0 Å². The molecule has 0 saturated carbocycles. The van der Waals surface area contributed by atoms with Crippen molar-refractivity contribution in [2.75, 3.05) is 12.0 Å². The number of hydrogen-bond donors (Lipinski definition) is 1. The van der Waals surface area contributed by atoms with Crippen molar-refractivity contribution >= 4 is 0 Å². The summed E-state index contributed by atoms with van der Waals surface area (Å²) in [7, 11) is 1.29. The van der Waals surface area contributed by atoms with E-state index in [-0.39, 0.29) is 0 Å². The summed E-state index contributed by atoms with van der Waals surface area (Å²) in [5.41, 5.74) is 0. The van der Waals surface area contributed by atoms with Crippen LogP contribution in [0.2, 0.25) is 0 Å². The minimum absolute atomic E-state index is 0.414. The predicted molar refractivity (Wildman–Crippen MR) is 18.3 cm³/mol. The molecule has 0 bridgehead atoms. The summed E-state index contributed by atoms with van der Waals surface area (Å²) in [6, 6.07) is 0. The minimum atomic E-state index is -0.574. The number of alkyl halides is 1. The van der Waals surface area contributed by atoms with Crippen molar-refractivity contribution in [3.05, 3.63) is 5.21 Å². The third kappa shape index (κ3) is 4.42. The fourth-order valence-corrected chi connectivity index (χ4v) is 0.634. The zero-order valence-corrected chi connectivity index (χ0v) is 6.26. The van der Waals surface area contributed by atoms with Crippen LogP contribution in [0.25, 0.3) is 0 Å². The maximum absolute atomic E-state index is 9.99. The fourth-order valence-electron chi connectivity index (χ4n) is 0.0945. The third-order valence-electron chi connectivity index (χ3n) is 0.307. The van der Waals surface area contributed by atoms with Gasteiger partial charge in [-0.25, -0.2) is 0 Å². The standard InChI is InChI=1S/C2H7INO3/c1-3-7-4(5)6-2/h4H,1-2H3/q-1. The van der Waals surface area contributed by atoms with Crippen LogP contribution in [0.3, 0.4) is 0 Å². The van der Waals surface area contributed by atoms with Crippen molar-refractivity contribution in [1.82, 2.24) is 0 Å². The van der Waals surface area contributed by atoms with Gasteiger partial charge in [-0.2, -0.15) is 0 Å². The van der Waals surface area contributed by atoms with Gasteiger partial charge in [-0.1, -0.05) is 0 Å². The van der Waals surface area contributed by atoms with Crippen molar-refractivity contribution in [2.24, 2.45) is 0 Å². The van der Waals surface area contributed by atoms with Gasteiger partial charge in [-0.15, -0.1) is 0 Å². The molecule has 0 aliphatic rings. The predicted octanol–water partition coefficient (Wildman–Crippen LogP) is -4.50. The monoisotopic (exact) mass is 220 g/mol. The van der Waals surface area contributed by atoms with E-state index in [4.69, 9.17) is 0 Å². The average Bonchev–Trinajstić information content (AvgIpc) is 1.68. The van der Waals surface area contributed by atoms with Crippen molar-refractivity contribution in [1.29, 1.82) is 0 Å². The van der Waals surface area contributed by atoms with Gasteiger partial charge < -0.3 is 0 Å². The number of halogens is 1. The van der Waals surface area contributed by atoms with Crippen molar-refractivity contribution < 1.29 is 35.0 Å². The topological polar surface area (TPSA) is 46.0 Å². The van der Waals surface area contributed by atoms with E-state index in [9.17, 15) is 5.21 Å². The molecule has 0 aromatic rings. The van der Waals surface area contributed by atoms with Gasteiger partial charge in [0.15, 0.2) is 0 Å². The van der Waals surface area contributed by atoms with Crippen LogP contribution in [-0.2, 0) is 8.00 Å². The Kier molecular flexibility index (Phi) is 5.11. The molecule has 0 radical (unpaired) electrons. The molecule has 7 heavy (non-hydrogen) atoms. The van der Waals surface area contributed by atoms with Gasteiger partial charge in [0.1, 0.15) is 0 Å². The Bertz CT molecular complexity index is 43.9.